The summed E-state index contributed by atoms with van der Waals surface area (Å²) in [6.45, 7) is 0. The van der Waals surface area contributed by atoms with Crippen LogP contribution >= 0.6 is 11.3 Å². The fourth-order valence-corrected chi connectivity index (χ4v) is 3.77. The van der Waals surface area contributed by atoms with Gasteiger partial charge in [0, 0.05) is 22.6 Å². The minimum absolute atomic E-state index is 0.235. The van der Waals surface area contributed by atoms with Gasteiger partial charge in [0.2, 0.25) is 5.91 Å². The molecule has 0 aliphatic rings. The monoisotopic (exact) mass is 412 g/mol. The summed E-state index contributed by atoms with van der Waals surface area (Å²) < 4.78 is 5.29. The number of carbonyl (C=O) groups is 1. The van der Waals surface area contributed by atoms with Gasteiger partial charge in [0.15, 0.2) is 5.13 Å². The van der Waals surface area contributed by atoms with Crippen LogP contribution in [0.1, 0.15) is 5.56 Å². The summed E-state index contributed by atoms with van der Waals surface area (Å²) >= 11 is 1.40. The number of ether oxygens (including phenoxy) is 1. The molecule has 1 amide bonds. The number of methoxy groups -OCH3 is 1. The van der Waals surface area contributed by atoms with Gasteiger partial charge in [-0.1, -0.05) is 72.8 Å². The molecule has 0 radical (unpaired) electrons. The number of hydrogen-bond donors (Lipinski definition) is 1. The van der Waals surface area contributed by atoms with Crippen LogP contribution < -0.4 is 10.1 Å². The first-order chi connectivity index (χ1) is 14.7. The number of amides is 1. The Balaban J connectivity index is 1.43. The van der Waals surface area contributed by atoms with Crippen molar-refractivity contribution in [1.29, 1.82) is 0 Å². The number of hydrogen-bond acceptors (Lipinski definition) is 4. The van der Waals surface area contributed by atoms with Crippen LogP contribution in [0.15, 0.2) is 90.3 Å². The molecule has 3 aromatic carbocycles. The van der Waals surface area contributed by atoms with Gasteiger partial charge in [0.1, 0.15) is 5.75 Å². The van der Waals surface area contributed by atoms with E-state index < -0.39 is 0 Å². The number of thiazole rings is 1. The number of nitrogens with zero attached hydrogens (tertiary/aromatic N) is 1. The van der Waals surface area contributed by atoms with Crippen LogP contribution in [0.25, 0.3) is 28.5 Å². The van der Waals surface area contributed by atoms with Crippen molar-refractivity contribution in [3.63, 3.8) is 0 Å². The number of aromatic nitrogens is 1. The summed E-state index contributed by atoms with van der Waals surface area (Å²) in [6.07, 6.45) is 3.21. The molecule has 4 rings (SSSR count). The molecule has 0 fully saturated rings. The zero-order valence-corrected chi connectivity index (χ0v) is 17.2. The van der Waals surface area contributed by atoms with Crippen molar-refractivity contribution in [3.05, 3.63) is 95.9 Å². The number of carbonyl (C=O) groups excluding carboxylic acids is 1. The van der Waals surface area contributed by atoms with Gasteiger partial charge in [-0.05, 0) is 23.3 Å². The topological polar surface area (TPSA) is 51.2 Å². The quantitative estimate of drug-likeness (QED) is 0.387. The third-order valence-electron chi connectivity index (χ3n) is 4.58. The first-order valence-electron chi connectivity index (χ1n) is 9.46. The molecule has 1 aromatic heterocycles. The van der Waals surface area contributed by atoms with Crippen LogP contribution in [-0.4, -0.2) is 18.0 Å². The van der Waals surface area contributed by atoms with Crippen LogP contribution in [0, 0.1) is 0 Å². The molecule has 30 heavy (non-hydrogen) atoms. The molecule has 1 heterocycles. The highest BCUT2D eigenvalue weighted by Crippen LogP contribution is 2.27. The summed E-state index contributed by atoms with van der Waals surface area (Å²) in [5.41, 5.74) is 5.02. The highest BCUT2D eigenvalue weighted by Gasteiger charge is 2.07. The van der Waals surface area contributed by atoms with Gasteiger partial charge in [-0.25, -0.2) is 4.98 Å². The lowest BCUT2D eigenvalue weighted by Gasteiger charge is -2.03. The van der Waals surface area contributed by atoms with Gasteiger partial charge in [0.05, 0.1) is 12.8 Å². The zero-order valence-electron chi connectivity index (χ0n) is 16.4. The van der Waals surface area contributed by atoms with E-state index in [2.05, 4.69) is 34.6 Å². The molecule has 0 saturated heterocycles. The predicted octanol–water partition coefficient (Wildman–Crippen LogP) is 6.14. The Morgan fingerprint density at radius 1 is 0.900 bits per heavy atom. The van der Waals surface area contributed by atoms with E-state index in [1.165, 1.54) is 23.0 Å². The molecule has 0 aliphatic carbocycles. The second-order valence-corrected chi connectivity index (χ2v) is 7.40. The van der Waals surface area contributed by atoms with Gasteiger partial charge >= 0.3 is 0 Å². The van der Waals surface area contributed by atoms with Crippen molar-refractivity contribution in [2.24, 2.45) is 0 Å². The number of nitrogens with one attached hydrogen (secondary N) is 1. The first kappa shape index (κ1) is 19.6. The average molecular weight is 413 g/mol. The molecule has 5 heteroatoms. The highest BCUT2D eigenvalue weighted by molar-refractivity contribution is 7.14. The fourth-order valence-electron chi connectivity index (χ4n) is 3.04. The summed E-state index contributed by atoms with van der Waals surface area (Å²) in [5.74, 6) is 0.485. The lowest BCUT2D eigenvalue weighted by atomic mass is 10.0. The Morgan fingerprint density at radius 2 is 1.57 bits per heavy atom. The van der Waals surface area contributed by atoms with Crippen molar-refractivity contribution in [3.8, 4) is 28.1 Å². The number of rotatable bonds is 6. The Labute approximate surface area is 179 Å². The summed E-state index contributed by atoms with van der Waals surface area (Å²) in [6, 6.07) is 26.0. The summed E-state index contributed by atoms with van der Waals surface area (Å²) in [7, 11) is 1.61. The van der Waals surface area contributed by atoms with Crippen molar-refractivity contribution in [2.45, 2.75) is 0 Å². The smallest absolute Gasteiger partial charge is 0.250 e. The normalized spacial score (nSPS) is 10.8. The molecule has 0 aliphatic heterocycles. The van der Waals surface area contributed by atoms with E-state index in [0.29, 0.717) is 5.13 Å². The summed E-state index contributed by atoms with van der Waals surface area (Å²) in [5, 5.41) is 5.32. The molecule has 0 spiro atoms. The second kappa shape index (κ2) is 9.20. The number of anilines is 1. The maximum absolute atomic E-state index is 12.3. The van der Waals surface area contributed by atoms with Crippen molar-refractivity contribution < 1.29 is 9.53 Å². The van der Waals surface area contributed by atoms with Crippen molar-refractivity contribution in [2.75, 3.05) is 12.4 Å². The van der Waals surface area contributed by atoms with E-state index in [1.807, 2.05) is 60.0 Å². The van der Waals surface area contributed by atoms with Crippen LogP contribution in [-0.2, 0) is 4.79 Å². The van der Waals surface area contributed by atoms with Gasteiger partial charge in [-0.3, -0.25) is 10.1 Å². The van der Waals surface area contributed by atoms with Crippen LogP contribution in [0.5, 0.6) is 5.75 Å². The standard InChI is InChI=1S/C25H20N2O2S/c1-29-23-10-6-5-9-21(23)15-16-24(28)27-25-26-22(17-30-25)20-13-11-19(12-14-20)18-7-3-2-4-8-18/h2-17H,1H3,(H,26,27,28)/b16-15+. The molecule has 4 aromatic rings. The Kier molecular flexibility index (Phi) is 6.01. The molecule has 0 bridgehead atoms. The van der Waals surface area contributed by atoms with E-state index in [0.717, 1.165) is 28.1 Å². The van der Waals surface area contributed by atoms with E-state index in [-0.39, 0.29) is 5.91 Å². The summed E-state index contributed by atoms with van der Waals surface area (Å²) in [4.78, 5) is 16.8. The molecule has 1 N–H and O–H groups in total. The third-order valence-corrected chi connectivity index (χ3v) is 5.33. The Morgan fingerprint density at radius 3 is 2.33 bits per heavy atom. The minimum atomic E-state index is -0.235. The van der Waals surface area contributed by atoms with E-state index >= 15 is 0 Å². The Bertz CT molecular complexity index is 1170. The average Bonchev–Trinajstić information content (AvgIpc) is 3.27. The molecule has 0 atom stereocenters. The third kappa shape index (κ3) is 4.64. The van der Waals surface area contributed by atoms with Gasteiger partial charge < -0.3 is 4.74 Å². The van der Waals surface area contributed by atoms with Gasteiger partial charge in [-0.2, -0.15) is 0 Å². The second-order valence-electron chi connectivity index (χ2n) is 6.55. The largest absolute Gasteiger partial charge is 0.496 e. The molecule has 4 nitrogen and oxygen atoms in total. The molecule has 148 valence electrons. The van der Waals surface area contributed by atoms with Crippen LogP contribution in [0.3, 0.4) is 0 Å². The SMILES string of the molecule is COc1ccccc1/C=C/C(=O)Nc1nc(-c2ccc(-c3ccccc3)cc2)cs1. The van der Waals surface area contributed by atoms with Crippen molar-refractivity contribution >= 4 is 28.5 Å². The number of benzene rings is 3. The lowest BCUT2D eigenvalue weighted by molar-refractivity contribution is -0.111. The highest BCUT2D eigenvalue weighted by atomic mass is 32.1. The van der Waals surface area contributed by atoms with Gasteiger partial charge in [0.25, 0.3) is 0 Å². The Hall–Kier alpha value is -3.70. The van der Waals surface area contributed by atoms with Crippen molar-refractivity contribution in [1.82, 2.24) is 4.98 Å². The molecule has 0 saturated carbocycles. The fraction of sp³-hybridized carbons (Fsp3) is 0.0400. The minimum Gasteiger partial charge on any atom is -0.496 e. The zero-order chi connectivity index (χ0) is 20.8. The molecular formula is C25H20N2O2S. The first-order valence-corrected chi connectivity index (χ1v) is 10.3. The predicted molar refractivity (Wildman–Crippen MR) is 124 cm³/mol. The lowest BCUT2D eigenvalue weighted by Crippen LogP contribution is -2.07. The molecule has 0 unspecified atom stereocenters. The molecular weight excluding hydrogens is 392 g/mol. The van der Waals surface area contributed by atoms with Gasteiger partial charge in [-0.15, -0.1) is 11.3 Å². The maximum atomic E-state index is 12.3. The van der Waals surface area contributed by atoms with E-state index in [4.69, 9.17) is 4.74 Å². The van der Waals surface area contributed by atoms with Crippen LogP contribution in [0.4, 0.5) is 5.13 Å². The maximum Gasteiger partial charge on any atom is 0.250 e. The van der Waals surface area contributed by atoms with E-state index in [1.54, 1.807) is 13.2 Å². The van der Waals surface area contributed by atoms with Crippen LogP contribution in [0.2, 0.25) is 0 Å². The van der Waals surface area contributed by atoms with E-state index in [9.17, 15) is 4.79 Å². The number of para-hydroxylation sites is 1.